The van der Waals surface area contributed by atoms with Gasteiger partial charge in [0.1, 0.15) is 6.04 Å². The Morgan fingerprint density at radius 1 is 1.53 bits per heavy atom. The fraction of sp³-hybridized carbons (Fsp3) is 0.222. The Bertz CT molecular complexity index is 397. The molecule has 0 aliphatic heterocycles. The molecule has 82 valence electrons. The highest BCUT2D eigenvalue weighted by Crippen LogP contribution is 2.19. The number of aliphatic carboxylic acids is 1. The largest absolute Gasteiger partial charge is 0.480 e. The lowest BCUT2D eigenvalue weighted by Gasteiger charge is -2.07. The third kappa shape index (κ3) is 3.30. The van der Waals surface area contributed by atoms with Gasteiger partial charge in [-0.2, -0.15) is 0 Å². The molecule has 0 bridgehead atoms. The third-order valence-electron chi connectivity index (χ3n) is 1.73. The zero-order valence-corrected chi connectivity index (χ0v) is 9.29. The monoisotopic (exact) mass is 247 g/mol. The molecular formula is C9H10ClNO3S. The van der Waals surface area contributed by atoms with E-state index in [0.29, 0.717) is 9.92 Å². The summed E-state index contributed by atoms with van der Waals surface area (Å²) in [7, 11) is -1.48. The minimum Gasteiger partial charge on any atom is -0.480 e. The van der Waals surface area contributed by atoms with Crippen LogP contribution in [0.5, 0.6) is 0 Å². The molecule has 0 aliphatic carbocycles. The van der Waals surface area contributed by atoms with Crippen molar-refractivity contribution >= 4 is 28.4 Å². The van der Waals surface area contributed by atoms with Crippen LogP contribution in [0.15, 0.2) is 29.2 Å². The Hall–Kier alpha value is -0.910. The van der Waals surface area contributed by atoms with Gasteiger partial charge in [-0.1, -0.05) is 23.7 Å². The molecule has 0 heterocycles. The van der Waals surface area contributed by atoms with Gasteiger partial charge < -0.3 is 10.8 Å². The topological polar surface area (TPSA) is 80.4 Å². The molecule has 0 radical (unpaired) electrons. The minimum atomic E-state index is -1.48. The molecule has 2 atom stereocenters. The molecule has 0 aliphatic rings. The molecule has 1 aromatic carbocycles. The van der Waals surface area contributed by atoms with Crippen LogP contribution in [0.2, 0.25) is 5.02 Å². The summed E-state index contributed by atoms with van der Waals surface area (Å²) in [6.45, 7) is 0. The molecule has 3 N–H and O–H groups in total. The van der Waals surface area contributed by atoms with Gasteiger partial charge in [-0.3, -0.25) is 9.00 Å². The molecule has 0 fully saturated rings. The van der Waals surface area contributed by atoms with Gasteiger partial charge in [-0.15, -0.1) is 0 Å². The lowest BCUT2D eigenvalue weighted by atomic mass is 10.4. The number of halogens is 1. The van der Waals surface area contributed by atoms with Gasteiger partial charge in [-0.25, -0.2) is 0 Å². The lowest BCUT2D eigenvalue weighted by molar-refractivity contribution is -0.137. The first-order chi connectivity index (χ1) is 7.02. The molecule has 2 unspecified atom stereocenters. The maximum atomic E-state index is 11.7. The van der Waals surface area contributed by atoms with Crippen molar-refractivity contribution in [2.75, 3.05) is 5.75 Å². The van der Waals surface area contributed by atoms with E-state index in [1.807, 2.05) is 0 Å². The van der Waals surface area contributed by atoms with Crippen molar-refractivity contribution in [3.05, 3.63) is 29.3 Å². The Morgan fingerprint density at radius 2 is 2.13 bits per heavy atom. The first-order valence-electron chi connectivity index (χ1n) is 4.13. The summed E-state index contributed by atoms with van der Waals surface area (Å²) in [5.74, 6) is -1.31. The summed E-state index contributed by atoms with van der Waals surface area (Å²) < 4.78 is 11.7. The van der Waals surface area contributed by atoms with Gasteiger partial charge in [0.15, 0.2) is 0 Å². The highest BCUT2D eigenvalue weighted by Gasteiger charge is 2.17. The Labute approximate surface area is 94.5 Å². The van der Waals surface area contributed by atoms with Crippen molar-refractivity contribution in [1.82, 2.24) is 0 Å². The number of benzene rings is 1. The highest BCUT2D eigenvalue weighted by molar-refractivity contribution is 7.85. The van der Waals surface area contributed by atoms with E-state index in [1.54, 1.807) is 24.3 Å². The minimum absolute atomic E-state index is 0.140. The van der Waals surface area contributed by atoms with Gasteiger partial charge in [0.25, 0.3) is 0 Å². The number of hydrogen-bond donors (Lipinski definition) is 2. The molecule has 0 aromatic heterocycles. The third-order valence-corrected chi connectivity index (χ3v) is 3.68. The Morgan fingerprint density at radius 3 is 2.67 bits per heavy atom. The molecule has 1 rings (SSSR count). The standard InChI is InChI=1S/C9H10ClNO3S/c10-6-3-1-2-4-8(6)15(14)5-7(11)9(12)13/h1-4,7H,5,11H2,(H,12,13). The van der Waals surface area contributed by atoms with Gasteiger partial charge in [0.2, 0.25) is 0 Å². The number of carbonyl (C=O) groups is 1. The van der Waals surface area contributed by atoms with Crippen molar-refractivity contribution in [2.24, 2.45) is 5.73 Å². The van der Waals surface area contributed by atoms with Crippen LogP contribution in [0.25, 0.3) is 0 Å². The summed E-state index contributed by atoms with van der Waals surface area (Å²) in [6.07, 6.45) is 0. The smallest absolute Gasteiger partial charge is 0.321 e. The summed E-state index contributed by atoms with van der Waals surface area (Å²) in [6, 6.07) is 5.45. The normalized spacial score (nSPS) is 14.5. The van der Waals surface area contributed by atoms with Gasteiger partial charge in [0.05, 0.1) is 26.5 Å². The molecule has 15 heavy (non-hydrogen) atoms. The van der Waals surface area contributed by atoms with E-state index < -0.39 is 22.8 Å². The average molecular weight is 248 g/mol. The van der Waals surface area contributed by atoms with E-state index in [-0.39, 0.29) is 5.75 Å². The molecule has 4 nitrogen and oxygen atoms in total. The molecular weight excluding hydrogens is 238 g/mol. The summed E-state index contributed by atoms with van der Waals surface area (Å²) >= 11 is 5.80. The fourth-order valence-corrected chi connectivity index (χ4v) is 2.51. The van der Waals surface area contributed by atoms with Crippen LogP contribution in [0, 0.1) is 0 Å². The van der Waals surface area contributed by atoms with Gasteiger partial charge in [-0.05, 0) is 12.1 Å². The van der Waals surface area contributed by atoms with Crippen LogP contribution < -0.4 is 5.73 Å². The molecule has 0 amide bonds. The predicted molar refractivity (Wildman–Crippen MR) is 58.3 cm³/mol. The first-order valence-corrected chi connectivity index (χ1v) is 5.83. The second kappa shape index (κ2) is 5.25. The SMILES string of the molecule is NC(CS(=O)c1ccccc1Cl)C(=O)O. The molecule has 0 saturated carbocycles. The highest BCUT2D eigenvalue weighted by atomic mass is 35.5. The van der Waals surface area contributed by atoms with E-state index in [4.69, 9.17) is 22.4 Å². The van der Waals surface area contributed by atoms with Crippen LogP contribution in [-0.2, 0) is 15.6 Å². The van der Waals surface area contributed by atoms with Crippen LogP contribution in [-0.4, -0.2) is 27.1 Å². The fourth-order valence-electron chi connectivity index (χ4n) is 0.954. The summed E-state index contributed by atoms with van der Waals surface area (Å²) in [5.41, 5.74) is 5.27. The maximum Gasteiger partial charge on any atom is 0.321 e. The van der Waals surface area contributed by atoms with E-state index >= 15 is 0 Å². The zero-order valence-electron chi connectivity index (χ0n) is 7.72. The number of rotatable bonds is 4. The zero-order chi connectivity index (χ0) is 11.4. The maximum absolute atomic E-state index is 11.7. The van der Waals surface area contributed by atoms with Crippen molar-refractivity contribution in [3.63, 3.8) is 0 Å². The second-order valence-electron chi connectivity index (χ2n) is 2.89. The van der Waals surface area contributed by atoms with Gasteiger partial charge in [0, 0.05) is 0 Å². The number of hydrogen-bond acceptors (Lipinski definition) is 3. The van der Waals surface area contributed by atoms with Crippen LogP contribution in [0.3, 0.4) is 0 Å². The Balaban J connectivity index is 2.78. The van der Waals surface area contributed by atoms with Crippen molar-refractivity contribution in [1.29, 1.82) is 0 Å². The van der Waals surface area contributed by atoms with E-state index in [2.05, 4.69) is 0 Å². The summed E-state index contributed by atoms with van der Waals surface area (Å²) in [5, 5.41) is 8.91. The number of nitrogens with two attached hydrogens (primary N) is 1. The lowest BCUT2D eigenvalue weighted by Crippen LogP contribution is -2.35. The second-order valence-corrected chi connectivity index (χ2v) is 4.76. The van der Waals surface area contributed by atoms with Gasteiger partial charge >= 0.3 is 5.97 Å². The molecule has 6 heteroatoms. The molecule has 0 saturated heterocycles. The predicted octanol–water partition coefficient (Wildman–Crippen LogP) is 0.859. The van der Waals surface area contributed by atoms with Crippen molar-refractivity contribution < 1.29 is 14.1 Å². The molecule has 0 spiro atoms. The summed E-state index contributed by atoms with van der Waals surface area (Å²) in [4.78, 5) is 10.9. The van der Waals surface area contributed by atoms with Crippen LogP contribution >= 0.6 is 11.6 Å². The number of carboxylic acids is 1. The van der Waals surface area contributed by atoms with E-state index in [1.165, 1.54) is 0 Å². The van der Waals surface area contributed by atoms with Crippen molar-refractivity contribution in [2.45, 2.75) is 10.9 Å². The van der Waals surface area contributed by atoms with E-state index in [0.717, 1.165) is 0 Å². The van der Waals surface area contributed by atoms with E-state index in [9.17, 15) is 9.00 Å². The first kappa shape index (κ1) is 12.2. The van der Waals surface area contributed by atoms with Crippen molar-refractivity contribution in [3.8, 4) is 0 Å². The number of carboxylic acid groups (broad SMARTS) is 1. The molecule has 1 aromatic rings. The quantitative estimate of drug-likeness (QED) is 0.827. The average Bonchev–Trinajstić information content (AvgIpc) is 2.18. The van der Waals surface area contributed by atoms with Crippen LogP contribution in [0.1, 0.15) is 0 Å². The van der Waals surface area contributed by atoms with Crippen LogP contribution in [0.4, 0.5) is 0 Å². The Kier molecular flexibility index (Phi) is 4.26.